The van der Waals surface area contributed by atoms with Gasteiger partial charge in [0.25, 0.3) is 5.69 Å². The molecule has 0 heterocycles. The second kappa shape index (κ2) is 6.01. The van der Waals surface area contributed by atoms with Crippen LogP contribution in [0.15, 0.2) is 18.2 Å². The first-order valence-electron chi connectivity index (χ1n) is 5.97. The molecule has 0 aliphatic carbocycles. The van der Waals surface area contributed by atoms with Crippen molar-refractivity contribution >= 4 is 21.2 Å². The van der Waals surface area contributed by atoms with Gasteiger partial charge >= 0.3 is 0 Å². The van der Waals surface area contributed by atoms with Crippen molar-refractivity contribution in [2.75, 3.05) is 16.8 Å². The van der Waals surface area contributed by atoms with E-state index < -0.39 is 14.8 Å². The number of sulfone groups is 1. The number of nitrogens with one attached hydrogen (secondary N) is 1. The van der Waals surface area contributed by atoms with Gasteiger partial charge in [0, 0.05) is 29.1 Å². The van der Waals surface area contributed by atoms with Gasteiger partial charge in [-0.3, -0.25) is 10.1 Å². The molecule has 1 aromatic carbocycles. The molecular weight excluding hydrogens is 268 g/mol. The van der Waals surface area contributed by atoms with E-state index in [-0.39, 0.29) is 23.2 Å². The lowest BCUT2D eigenvalue weighted by Crippen LogP contribution is -2.26. The molecule has 0 aromatic heterocycles. The molecule has 1 atom stereocenters. The number of nitrogens with zero attached hydrogens (tertiary/aromatic N) is 1. The van der Waals surface area contributed by atoms with Gasteiger partial charge in [-0.15, -0.1) is 0 Å². The molecule has 0 fully saturated rings. The molecule has 0 aliphatic rings. The van der Waals surface area contributed by atoms with Crippen molar-refractivity contribution in [2.24, 2.45) is 0 Å². The van der Waals surface area contributed by atoms with Crippen LogP contribution in [-0.2, 0) is 9.84 Å². The standard InChI is InChI=1S/C12H18N2O4S/c1-4-19(17,18)8-10(3)13-11-6-5-9(2)12(7-11)14(15)16/h5-7,10,13H,4,8H2,1-3H3. The zero-order valence-electron chi connectivity index (χ0n) is 11.2. The van der Waals surface area contributed by atoms with Crippen LogP contribution < -0.4 is 5.32 Å². The minimum Gasteiger partial charge on any atom is -0.381 e. The van der Waals surface area contributed by atoms with E-state index in [0.29, 0.717) is 11.3 Å². The van der Waals surface area contributed by atoms with Gasteiger partial charge in [0.2, 0.25) is 0 Å². The highest BCUT2D eigenvalue weighted by Gasteiger charge is 2.15. The Labute approximate surface area is 112 Å². The lowest BCUT2D eigenvalue weighted by molar-refractivity contribution is -0.385. The molecule has 0 amide bonds. The van der Waals surface area contributed by atoms with Crippen molar-refractivity contribution in [2.45, 2.75) is 26.8 Å². The molecule has 0 saturated carbocycles. The van der Waals surface area contributed by atoms with Crippen molar-refractivity contribution in [1.82, 2.24) is 0 Å². The Morgan fingerprint density at radius 2 is 2.05 bits per heavy atom. The molecule has 1 rings (SSSR count). The minimum atomic E-state index is -3.07. The first-order chi connectivity index (χ1) is 8.75. The van der Waals surface area contributed by atoms with Gasteiger partial charge in [-0.05, 0) is 19.9 Å². The van der Waals surface area contributed by atoms with Crippen LogP contribution in [0.5, 0.6) is 0 Å². The zero-order valence-corrected chi connectivity index (χ0v) is 12.0. The summed E-state index contributed by atoms with van der Waals surface area (Å²) in [5, 5.41) is 13.8. The fourth-order valence-corrected chi connectivity index (χ4v) is 2.80. The average Bonchev–Trinajstić information content (AvgIpc) is 2.30. The average molecular weight is 286 g/mol. The zero-order chi connectivity index (χ0) is 14.6. The first-order valence-corrected chi connectivity index (χ1v) is 7.79. The quantitative estimate of drug-likeness (QED) is 0.639. The number of benzene rings is 1. The second-order valence-electron chi connectivity index (χ2n) is 4.50. The molecule has 0 radical (unpaired) electrons. The lowest BCUT2D eigenvalue weighted by Gasteiger charge is -2.15. The van der Waals surface area contributed by atoms with Gasteiger partial charge in [-0.25, -0.2) is 8.42 Å². The highest BCUT2D eigenvalue weighted by atomic mass is 32.2. The molecule has 6 nitrogen and oxygen atoms in total. The van der Waals surface area contributed by atoms with E-state index in [2.05, 4.69) is 5.32 Å². The Kier molecular flexibility index (Phi) is 4.88. The van der Waals surface area contributed by atoms with Gasteiger partial charge in [-0.2, -0.15) is 0 Å². The van der Waals surface area contributed by atoms with Crippen LogP contribution in [0.4, 0.5) is 11.4 Å². The third-order valence-electron chi connectivity index (χ3n) is 2.76. The first kappa shape index (κ1) is 15.4. The van der Waals surface area contributed by atoms with Crippen molar-refractivity contribution in [3.05, 3.63) is 33.9 Å². The predicted molar refractivity (Wildman–Crippen MR) is 75.2 cm³/mol. The van der Waals surface area contributed by atoms with Gasteiger partial charge in [-0.1, -0.05) is 13.0 Å². The van der Waals surface area contributed by atoms with Crippen molar-refractivity contribution in [3.8, 4) is 0 Å². The summed E-state index contributed by atoms with van der Waals surface area (Å²) in [4.78, 5) is 10.4. The van der Waals surface area contributed by atoms with E-state index in [9.17, 15) is 18.5 Å². The maximum absolute atomic E-state index is 11.5. The lowest BCUT2D eigenvalue weighted by atomic mass is 10.2. The van der Waals surface area contributed by atoms with Gasteiger partial charge in [0.1, 0.15) is 0 Å². The monoisotopic (exact) mass is 286 g/mol. The molecule has 106 valence electrons. The number of nitro groups is 1. The topological polar surface area (TPSA) is 89.3 Å². The molecule has 0 bridgehead atoms. The fraction of sp³-hybridized carbons (Fsp3) is 0.500. The summed E-state index contributed by atoms with van der Waals surface area (Å²) in [5.41, 5.74) is 1.15. The molecule has 7 heteroatoms. The minimum absolute atomic E-state index is 0.00513. The molecule has 0 saturated heterocycles. The van der Waals surface area contributed by atoms with E-state index in [1.165, 1.54) is 6.07 Å². The Morgan fingerprint density at radius 1 is 1.42 bits per heavy atom. The normalized spacial score (nSPS) is 13.0. The van der Waals surface area contributed by atoms with Gasteiger partial charge in [0.05, 0.1) is 10.7 Å². The third kappa shape index (κ3) is 4.51. The van der Waals surface area contributed by atoms with Crippen LogP contribution in [0.2, 0.25) is 0 Å². The van der Waals surface area contributed by atoms with Crippen LogP contribution in [0.25, 0.3) is 0 Å². The van der Waals surface area contributed by atoms with Crippen molar-refractivity contribution in [1.29, 1.82) is 0 Å². The highest BCUT2D eigenvalue weighted by molar-refractivity contribution is 7.91. The highest BCUT2D eigenvalue weighted by Crippen LogP contribution is 2.22. The number of hydrogen-bond acceptors (Lipinski definition) is 5. The Balaban J connectivity index is 2.83. The SMILES string of the molecule is CCS(=O)(=O)CC(C)Nc1ccc(C)c([N+](=O)[O-])c1. The largest absolute Gasteiger partial charge is 0.381 e. The van der Waals surface area contributed by atoms with E-state index in [1.807, 2.05) is 0 Å². The van der Waals surface area contributed by atoms with E-state index in [0.717, 1.165) is 0 Å². The van der Waals surface area contributed by atoms with E-state index in [1.54, 1.807) is 32.9 Å². The summed E-state index contributed by atoms with van der Waals surface area (Å²) in [7, 11) is -3.07. The molecule has 0 aliphatic heterocycles. The molecule has 1 unspecified atom stereocenters. The second-order valence-corrected chi connectivity index (χ2v) is 6.90. The van der Waals surface area contributed by atoms with Gasteiger partial charge in [0.15, 0.2) is 9.84 Å². The van der Waals surface area contributed by atoms with Crippen LogP contribution >= 0.6 is 0 Å². The molecule has 1 aromatic rings. The summed E-state index contributed by atoms with van der Waals surface area (Å²) in [6, 6.07) is 4.47. The van der Waals surface area contributed by atoms with Gasteiger partial charge < -0.3 is 5.32 Å². The number of nitro benzene ring substituents is 1. The number of hydrogen-bond donors (Lipinski definition) is 1. The van der Waals surface area contributed by atoms with Crippen LogP contribution in [0, 0.1) is 17.0 Å². The maximum atomic E-state index is 11.5. The summed E-state index contributed by atoms with van der Waals surface area (Å²) in [6.07, 6.45) is 0. The van der Waals surface area contributed by atoms with E-state index >= 15 is 0 Å². The molecule has 0 spiro atoms. The molecular formula is C12H18N2O4S. The predicted octanol–water partition coefficient (Wildman–Crippen LogP) is 2.14. The molecule has 1 N–H and O–H groups in total. The Bertz CT molecular complexity index is 569. The fourth-order valence-electron chi connectivity index (χ4n) is 1.72. The smallest absolute Gasteiger partial charge is 0.274 e. The number of anilines is 1. The number of rotatable bonds is 6. The van der Waals surface area contributed by atoms with E-state index in [4.69, 9.17) is 0 Å². The summed E-state index contributed by atoms with van der Waals surface area (Å²) in [5.74, 6) is 0.0955. The van der Waals surface area contributed by atoms with Crippen LogP contribution in [0.3, 0.4) is 0 Å². The van der Waals surface area contributed by atoms with Crippen molar-refractivity contribution in [3.63, 3.8) is 0 Å². The summed E-state index contributed by atoms with van der Waals surface area (Å²) < 4.78 is 23.0. The van der Waals surface area contributed by atoms with Crippen molar-refractivity contribution < 1.29 is 13.3 Å². The van der Waals surface area contributed by atoms with Crippen LogP contribution in [0.1, 0.15) is 19.4 Å². The number of aryl methyl sites for hydroxylation is 1. The summed E-state index contributed by atoms with van der Waals surface area (Å²) in [6.45, 7) is 4.99. The van der Waals surface area contributed by atoms with Crippen LogP contribution in [-0.4, -0.2) is 30.9 Å². The molecule has 19 heavy (non-hydrogen) atoms. The Hall–Kier alpha value is -1.63. The third-order valence-corrected chi connectivity index (χ3v) is 4.65. The summed E-state index contributed by atoms with van der Waals surface area (Å²) >= 11 is 0. The maximum Gasteiger partial charge on any atom is 0.274 e. The Morgan fingerprint density at radius 3 is 2.58 bits per heavy atom.